The molecule has 0 aromatic carbocycles. The molecule has 0 aliphatic heterocycles. The number of hydrogen-bond acceptors (Lipinski definition) is 3. The van der Waals surface area contributed by atoms with Crippen LogP contribution in [0.25, 0.3) is 0 Å². The van der Waals surface area contributed by atoms with Crippen LogP contribution in [-0.2, 0) is 17.1 Å². The van der Waals surface area contributed by atoms with Gasteiger partial charge in [-0.15, -0.1) is 0 Å². The van der Waals surface area contributed by atoms with Gasteiger partial charge >= 0.3 is 17.1 Å². The molecule has 0 N–H and O–H groups in total. The van der Waals surface area contributed by atoms with E-state index in [-0.39, 0.29) is 27.0 Å². The summed E-state index contributed by atoms with van der Waals surface area (Å²) in [5.74, 6) is 0. The van der Waals surface area contributed by atoms with Crippen LogP contribution in [0.1, 0.15) is 0 Å². The van der Waals surface area contributed by atoms with Crippen LogP contribution in [0, 0.1) is 0 Å². The fourth-order valence-corrected chi connectivity index (χ4v) is 0. The van der Waals surface area contributed by atoms with E-state index in [4.69, 9.17) is 15.1 Å². The van der Waals surface area contributed by atoms with Crippen LogP contribution >= 0.6 is 9.90 Å². The summed E-state index contributed by atoms with van der Waals surface area (Å²) in [5.41, 5.74) is 0. The van der Waals surface area contributed by atoms with E-state index in [0.717, 1.165) is 0 Å². The Hall–Kier alpha value is 0.894. The van der Waals surface area contributed by atoms with Gasteiger partial charge in [0.15, 0.2) is 0 Å². The molecule has 0 bridgehead atoms. The first-order valence-electron chi connectivity index (χ1n) is 0.707. The molecule has 0 fully saturated rings. The molecule has 0 heterocycles. The molecule has 0 aliphatic carbocycles. The Morgan fingerprint density at radius 2 is 1.00 bits per heavy atom. The molecule has 0 amide bonds. The maximum Gasteiger partial charge on any atom is 3.00 e. The average Bonchev–Trinajstić information content (AvgIpc) is 0.811. The van der Waals surface area contributed by atoms with Crippen LogP contribution in [0.15, 0.2) is 0 Å². The quantitative estimate of drug-likeness (QED) is 0.266. The van der Waals surface area contributed by atoms with Gasteiger partial charge in [-0.25, -0.2) is 0 Å². The van der Waals surface area contributed by atoms with Crippen LogP contribution < -0.4 is 15.1 Å². The first-order chi connectivity index (χ1) is 1.73. The number of hydrogen-bond donors (Lipinski definition) is 0. The van der Waals surface area contributed by atoms with Crippen molar-refractivity contribution in [2.45, 2.75) is 0 Å². The topological polar surface area (TPSA) is 69.2 Å². The first-order valence-corrected chi connectivity index (χ1v) is 0.707. The van der Waals surface area contributed by atoms with E-state index >= 15 is 0 Å². The van der Waals surface area contributed by atoms with Crippen LogP contribution in [0.4, 0.5) is 0 Å². The smallest absolute Gasteiger partial charge is 0.907 e. The van der Waals surface area contributed by atoms with Crippen molar-refractivity contribution in [3.63, 3.8) is 0 Å². The summed E-state index contributed by atoms with van der Waals surface area (Å²) in [4.78, 5) is 0. The van der Waals surface area contributed by atoms with Crippen LogP contribution in [0.3, 0.4) is 0 Å². The molecule has 1 atom stereocenters. The molecule has 6 heteroatoms. The summed E-state index contributed by atoms with van der Waals surface area (Å²) in [5, 5.41) is 25.2. The summed E-state index contributed by atoms with van der Waals surface area (Å²) in [6, 6.07) is 0. The van der Waals surface area contributed by atoms with Gasteiger partial charge in [0.2, 0.25) is 0 Å². The predicted molar refractivity (Wildman–Crippen MR) is 16.9 cm³/mol. The Morgan fingerprint density at radius 1 is 1.00 bits per heavy atom. The van der Waals surface area contributed by atoms with Crippen molar-refractivity contribution in [1.82, 2.24) is 0 Å². The van der Waals surface area contributed by atoms with Gasteiger partial charge in [0, 0.05) is 0 Å². The van der Waals surface area contributed by atoms with Crippen LogP contribution in [0.2, 0.25) is 0 Å². The Balaban J connectivity index is -0.0000000450. The Bertz CT molecular complexity index is 15.5. The van der Waals surface area contributed by atoms with Crippen molar-refractivity contribution in [1.29, 1.82) is 0 Å². The van der Waals surface area contributed by atoms with E-state index in [1.54, 1.807) is 0 Å². The van der Waals surface area contributed by atoms with E-state index in [9.17, 15) is 0 Å². The molecule has 0 rings (SSSR count). The first kappa shape index (κ1) is 15.8. The Morgan fingerprint density at radius 3 is 1.00 bits per heavy atom. The molecular weight excluding hydrogens is 153 g/mol. The monoisotopic (exact) mass is 156 g/mol. The third-order valence-electron chi connectivity index (χ3n) is 0. The second-order valence-electron chi connectivity index (χ2n) is 0.289. The van der Waals surface area contributed by atoms with E-state index in [1.165, 1.54) is 0 Å². The molecule has 6 heavy (non-hydrogen) atoms. The maximum absolute atomic E-state index is 8.42. The van der Waals surface area contributed by atoms with E-state index in [0.29, 0.717) is 0 Å². The van der Waals surface area contributed by atoms with Gasteiger partial charge in [-0.3, -0.25) is 7.32 Å². The summed E-state index contributed by atoms with van der Waals surface area (Å²) < 4.78 is 0. The predicted octanol–water partition coefficient (Wildman–Crippen LogP) is -3.89. The van der Waals surface area contributed by atoms with Gasteiger partial charge in [-0.2, -0.15) is 9.90 Å². The summed E-state index contributed by atoms with van der Waals surface area (Å²) >= 11 is 0. The van der Waals surface area contributed by atoms with Crippen molar-refractivity contribution in [3.8, 4) is 0 Å². The molecule has 0 radical (unpaired) electrons. The van der Waals surface area contributed by atoms with Crippen molar-refractivity contribution >= 4 is 17.2 Å². The Labute approximate surface area is 50.0 Å². The fraction of sp³-hybridized carbons (Fsp3) is 0. The fourth-order valence-electron chi connectivity index (χ4n) is 0. The third-order valence-corrected chi connectivity index (χ3v) is 0. The third kappa shape index (κ3) is 92.8. The molecule has 0 aromatic rings. The molecule has 0 aliphatic rings. The number of rotatable bonds is 0. The van der Waals surface area contributed by atoms with Gasteiger partial charge < -0.3 is 15.1 Å². The second-order valence-corrected chi connectivity index (χ2v) is 0.289. The average molecular weight is 156 g/mol. The van der Waals surface area contributed by atoms with Crippen molar-refractivity contribution < 1.29 is 32.1 Å². The SMILES string of the molecule is P.[Cu+3].[O-]B([O-])[O-]. The maximum atomic E-state index is 8.42. The molecule has 1 unspecified atom stereocenters. The van der Waals surface area contributed by atoms with Crippen molar-refractivity contribution in [2.75, 3.05) is 0 Å². The van der Waals surface area contributed by atoms with Gasteiger partial charge in [-0.1, -0.05) is 0 Å². The van der Waals surface area contributed by atoms with Gasteiger partial charge in [0.25, 0.3) is 0 Å². The largest absolute Gasteiger partial charge is 3.00 e. The molecule has 40 valence electrons. The molecular formula is H3BCuO3P. The summed E-state index contributed by atoms with van der Waals surface area (Å²) in [7, 11) is -2.92. The van der Waals surface area contributed by atoms with E-state index in [1.807, 2.05) is 0 Å². The van der Waals surface area contributed by atoms with Crippen molar-refractivity contribution in [3.05, 3.63) is 0 Å². The molecule has 0 saturated carbocycles. The van der Waals surface area contributed by atoms with E-state index in [2.05, 4.69) is 0 Å². The van der Waals surface area contributed by atoms with Gasteiger partial charge in [0.05, 0.1) is 0 Å². The summed E-state index contributed by atoms with van der Waals surface area (Å²) in [6.07, 6.45) is 0. The zero-order chi connectivity index (χ0) is 3.58. The summed E-state index contributed by atoms with van der Waals surface area (Å²) in [6.45, 7) is 0. The van der Waals surface area contributed by atoms with Gasteiger partial charge in [-0.05, 0) is 0 Å². The minimum absolute atomic E-state index is 0. The molecule has 0 spiro atoms. The zero-order valence-electron chi connectivity index (χ0n) is 2.81. The molecule has 0 aromatic heterocycles. The van der Waals surface area contributed by atoms with E-state index < -0.39 is 7.32 Å². The van der Waals surface area contributed by atoms with Crippen LogP contribution in [-0.4, -0.2) is 7.32 Å². The standard InChI is InChI=1S/BO3.Cu.H3P/c2-1(3)4;;/h;;1H3/q-3;+3;. The molecule has 3 nitrogen and oxygen atoms in total. The minimum Gasteiger partial charge on any atom is -0.907 e. The second kappa shape index (κ2) is 9.31. The molecule has 0 saturated heterocycles. The minimum atomic E-state index is -2.92. The van der Waals surface area contributed by atoms with Crippen molar-refractivity contribution in [2.24, 2.45) is 0 Å². The zero-order valence-corrected chi connectivity index (χ0v) is 5.17. The van der Waals surface area contributed by atoms with Crippen LogP contribution in [0.5, 0.6) is 0 Å². The normalized spacial score (nSPS) is 4.50. The van der Waals surface area contributed by atoms with Gasteiger partial charge in [0.1, 0.15) is 0 Å². The Kier molecular flexibility index (Phi) is 24.5.